The van der Waals surface area contributed by atoms with Crippen molar-refractivity contribution in [1.29, 1.82) is 0 Å². The maximum atomic E-state index is 12.8. The first-order chi connectivity index (χ1) is 14.3. The molecule has 1 saturated heterocycles. The monoisotopic (exact) mass is 432 g/mol. The number of carbonyl (C=O) groups is 2. The lowest BCUT2D eigenvalue weighted by molar-refractivity contribution is 0.0148. The zero-order valence-electron chi connectivity index (χ0n) is 17.8. The molecule has 2 aromatic rings. The molecule has 0 aliphatic carbocycles. The van der Waals surface area contributed by atoms with Crippen molar-refractivity contribution < 1.29 is 23.8 Å². The van der Waals surface area contributed by atoms with Gasteiger partial charge in [0.05, 0.1) is 31.9 Å². The fraction of sp³-hybridized carbons (Fsp3) is 0.500. The molecule has 0 spiro atoms. The minimum atomic E-state index is -0.608. The summed E-state index contributed by atoms with van der Waals surface area (Å²) in [7, 11) is 0. The van der Waals surface area contributed by atoms with Crippen LogP contribution >= 0.6 is 11.3 Å². The second kappa shape index (κ2) is 9.57. The number of hydrogen-bond donors (Lipinski definition) is 0. The molecule has 2 heterocycles. The van der Waals surface area contributed by atoms with Gasteiger partial charge in [0.1, 0.15) is 10.6 Å². The first-order valence-corrected chi connectivity index (χ1v) is 10.9. The first kappa shape index (κ1) is 22.2. The van der Waals surface area contributed by atoms with Crippen molar-refractivity contribution in [1.82, 2.24) is 9.88 Å². The maximum Gasteiger partial charge on any atom is 0.410 e. The average molecular weight is 433 g/mol. The van der Waals surface area contributed by atoms with Gasteiger partial charge in [-0.15, -0.1) is 11.3 Å². The molecule has 0 radical (unpaired) electrons. The number of thiazole rings is 1. The quantitative estimate of drug-likeness (QED) is 0.622. The maximum absolute atomic E-state index is 12.8. The lowest BCUT2D eigenvalue weighted by Crippen LogP contribution is -2.37. The Bertz CT molecular complexity index is 862. The molecule has 1 fully saturated rings. The number of aromatic nitrogens is 1. The van der Waals surface area contributed by atoms with E-state index in [0.29, 0.717) is 24.6 Å². The van der Waals surface area contributed by atoms with Gasteiger partial charge in [-0.05, 0) is 33.3 Å². The molecular formula is C22H28N2O5S. The highest BCUT2D eigenvalue weighted by Crippen LogP contribution is 2.36. The number of likely N-dealkylation sites (tertiary alicyclic amines) is 1. The van der Waals surface area contributed by atoms with Gasteiger partial charge in [-0.25, -0.2) is 14.6 Å². The van der Waals surface area contributed by atoms with Gasteiger partial charge < -0.3 is 14.2 Å². The lowest BCUT2D eigenvalue weighted by Gasteiger charge is -2.27. The van der Waals surface area contributed by atoms with E-state index in [1.54, 1.807) is 17.2 Å². The highest BCUT2D eigenvalue weighted by atomic mass is 32.1. The largest absolute Gasteiger partial charge is 0.461 e. The fourth-order valence-electron chi connectivity index (χ4n) is 3.20. The SMILES string of the molecule is CCOC(=O)c1csc([C@@H]2C[C@@H](OCc3ccccc3)CN2C(=O)OC(C)(C)C)n1. The molecule has 1 amide bonds. The van der Waals surface area contributed by atoms with Crippen LogP contribution in [0.2, 0.25) is 0 Å². The molecule has 3 rings (SSSR count). The second-order valence-electron chi connectivity index (χ2n) is 8.09. The highest BCUT2D eigenvalue weighted by molar-refractivity contribution is 7.09. The number of benzene rings is 1. The molecule has 0 unspecified atom stereocenters. The van der Waals surface area contributed by atoms with E-state index < -0.39 is 17.7 Å². The van der Waals surface area contributed by atoms with Gasteiger partial charge in [-0.1, -0.05) is 30.3 Å². The molecular weight excluding hydrogens is 404 g/mol. The number of carbonyl (C=O) groups excluding carboxylic acids is 2. The Morgan fingerprint density at radius 1 is 1.23 bits per heavy atom. The Kier molecular flexibility index (Phi) is 7.10. The van der Waals surface area contributed by atoms with Gasteiger partial charge in [-0.2, -0.15) is 0 Å². The molecule has 1 aromatic carbocycles. The third-order valence-electron chi connectivity index (χ3n) is 4.51. The van der Waals surface area contributed by atoms with E-state index in [2.05, 4.69) is 4.98 Å². The minimum absolute atomic E-state index is 0.155. The van der Waals surface area contributed by atoms with E-state index in [4.69, 9.17) is 14.2 Å². The van der Waals surface area contributed by atoms with Gasteiger partial charge in [0.25, 0.3) is 0 Å². The summed E-state index contributed by atoms with van der Waals surface area (Å²) in [6, 6.07) is 9.59. The number of amides is 1. The standard InChI is InChI=1S/C22H28N2O5S/c1-5-27-20(25)17-14-30-19(23-17)18-11-16(28-13-15-9-7-6-8-10-15)12-24(18)21(26)29-22(2,3)4/h6-10,14,16,18H,5,11-13H2,1-4H3/t16-,18+/m1/s1. The number of rotatable bonds is 6. The molecule has 30 heavy (non-hydrogen) atoms. The van der Waals surface area contributed by atoms with E-state index in [1.807, 2.05) is 51.1 Å². The second-order valence-corrected chi connectivity index (χ2v) is 8.98. The molecule has 1 aliphatic heterocycles. The zero-order valence-corrected chi connectivity index (χ0v) is 18.6. The van der Waals surface area contributed by atoms with Crippen molar-refractivity contribution in [3.05, 3.63) is 52.0 Å². The predicted molar refractivity (Wildman–Crippen MR) is 113 cm³/mol. The van der Waals surface area contributed by atoms with Crippen molar-refractivity contribution in [2.45, 2.75) is 58.5 Å². The van der Waals surface area contributed by atoms with Crippen molar-refractivity contribution in [2.24, 2.45) is 0 Å². The van der Waals surface area contributed by atoms with Crippen LogP contribution in [0.1, 0.15) is 61.2 Å². The summed E-state index contributed by atoms with van der Waals surface area (Å²) < 4.78 is 16.7. The normalized spacial score (nSPS) is 19.0. The molecule has 2 atom stereocenters. The lowest BCUT2D eigenvalue weighted by atomic mass is 10.2. The van der Waals surface area contributed by atoms with Crippen molar-refractivity contribution in [2.75, 3.05) is 13.2 Å². The summed E-state index contributed by atoms with van der Waals surface area (Å²) in [6.07, 6.45) is 0.0193. The van der Waals surface area contributed by atoms with Crippen LogP contribution in [-0.2, 0) is 20.8 Å². The summed E-state index contributed by atoms with van der Waals surface area (Å²) in [4.78, 5) is 30.9. The molecule has 8 heteroatoms. The van der Waals surface area contributed by atoms with Crippen LogP contribution in [-0.4, -0.2) is 46.8 Å². The van der Waals surface area contributed by atoms with Crippen LogP contribution in [0.25, 0.3) is 0 Å². The smallest absolute Gasteiger partial charge is 0.410 e. The van der Waals surface area contributed by atoms with E-state index in [9.17, 15) is 9.59 Å². The number of esters is 1. The number of nitrogens with zero attached hydrogens (tertiary/aromatic N) is 2. The Labute approximate surface area is 181 Å². The Morgan fingerprint density at radius 3 is 2.63 bits per heavy atom. The van der Waals surface area contributed by atoms with Crippen molar-refractivity contribution >= 4 is 23.4 Å². The van der Waals surface area contributed by atoms with E-state index in [1.165, 1.54) is 11.3 Å². The summed E-state index contributed by atoms with van der Waals surface area (Å²) in [6.45, 7) is 8.41. The molecule has 7 nitrogen and oxygen atoms in total. The van der Waals surface area contributed by atoms with Gasteiger partial charge in [0.15, 0.2) is 5.69 Å². The first-order valence-electron chi connectivity index (χ1n) is 10.0. The number of ether oxygens (including phenoxy) is 3. The Balaban J connectivity index is 1.75. The molecule has 0 saturated carbocycles. The third-order valence-corrected chi connectivity index (χ3v) is 5.46. The van der Waals surface area contributed by atoms with Crippen molar-refractivity contribution in [3.8, 4) is 0 Å². The number of hydrogen-bond acceptors (Lipinski definition) is 7. The summed E-state index contributed by atoms with van der Waals surface area (Å²) >= 11 is 1.34. The van der Waals surface area contributed by atoms with Crippen LogP contribution in [0.5, 0.6) is 0 Å². The minimum Gasteiger partial charge on any atom is -0.461 e. The average Bonchev–Trinajstić information content (AvgIpc) is 3.33. The molecule has 162 valence electrons. The Hall–Kier alpha value is -2.45. The van der Waals surface area contributed by atoms with E-state index in [-0.39, 0.29) is 24.4 Å². The fourth-order valence-corrected chi connectivity index (χ4v) is 4.12. The van der Waals surface area contributed by atoms with Gasteiger partial charge in [0.2, 0.25) is 0 Å². The molecule has 0 bridgehead atoms. The van der Waals surface area contributed by atoms with Gasteiger partial charge in [-0.3, -0.25) is 4.90 Å². The van der Waals surface area contributed by atoms with Crippen LogP contribution in [0.3, 0.4) is 0 Å². The third kappa shape index (κ3) is 5.79. The van der Waals surface area contributed by atoms with E-state index >= 15 is 0 Å². The molecule has 1 aromatic heterocycles. The van der Waals surface area contributed by atoms with Crippen LogP contribution in [0, 0.1) is 0 Å². The van der Waals surface area contributed by atoms with Gasteiger partial charge >= 0.3 is 12.1 Å². The zero-order chi connectivity index (χ0) is 21.7. The van der Waals surface area contributed by atoms with Crippen LogP contribution < -0.4 is 0 Å². The predicted octanol–water partition coefficient (Wildman–Crippen LogP) is 4.59. The summed E-state index contributed by atoms with van der Waals surface area (Å²) in [5, 5.41) is 2.34. The van der Waals surface area contributed by atoms with Crippen LogP contribution in [0.15, 0.2) is 35.7 Å². The molecule has 1 aliphatic rings. The molecule has 0 N–H and O–H groups in total. The van der Waals surface area contributed by atoms with Gasteiger partial charge in [0, 0.05) is 11.8 Å². The highest BCUT2D eigenvalue weighted by Gasteiger charge is 2.40. The summed E-state index contributed by atoms with van der Waals surface area (Å²) in [5.74, 6) is -0.460. The van der Waals surface area contributed by atoms with E-state index in [0.717, 1.165) is 5.56 Å². The topological polar surface area (TPSA) is 78.0 Å². The summed E-state index contributed by atoms with van der Waals surface area (Å²) in [5.41, 5.74) is 0.724. The van der Waals surface area contributed by atoms with Crippen molar-refractivity contribution in [3.63, 3.8) is 0 Å². The Morgan fingerprint density at radius 2 is 1.97 bits per heavy atom. The van der Waals surface area contributed by atoms with Crippen LogP contribution in [0.4, 0.5) is 4.79 Å².